The number of nitrogens with one attached hydrogen (secondary N) is 2. The standard InChI is InChI=1S/C19H29N3O2/c1-13-8-14(2)10-17(9-13)19(24)22-7-5-6-16(12-22)18(23)21-11-15(3)20-4/h8-10,15-16,20H,5-7,11-12H2,1-4H3,(H,21,23). The van der Waals surface area contributed by atoms with Crippen LogP contribution in [0, 0.1) is 19.8 Å². The fraction of sp³-hybridized carbons (Fsp3) is 0.579. The van der Waals surface area contributed by atoms with Crippen LogP contribution in [0.4, 0.5) is 0 Å². The second kappa shape index (κ2) is 8.29. The van der Waals surface area contributed by atoms with E-state index in [-0.39, 0.29) is 23.8 Å². The Morgan fingerprint density at radius 1 is 1.25 bits per heavy atom. The zero-order chi connectivity index (χ0) is 17.7. The van der Waals surface area contributed by atoms with Crippen LogP contribution in [0.15, 0.2) is 18.2 Å². The van der Waals surface area contributed by atoms with Crippen molar-refractivity contribution >= 4 is 11.8 Å². The maximum absolute atomic E-state index is 12.8. The van der Waals surface area contributed by atoms with E-state index in [1.807, 2.05) is 44.9 Å². The van der Waals surface area contributed by atoms with E-state index in [1.165, 1.54) is 0 Å². The molecule has 2 amide bonds. The van der Waals surface area contributed by atoms with Crippen LogP contribution in [0.2, 0.25) is 0 Å². The summed E-state index contributed by atoms with van der Waals surface area (Å²) in [7, 11) is 1.88. The molecule has 2 rings (SSSR count). The Labute approximate surface area is 144 Å². The SMILES string of the molecule is CNC(C)CNC(=O)C1CCCN(C(=O)c2cc(C)cc(C)c2)C1. The summed E-state index contributed by atoms with van der Waals surface area (Å²) in [6.07, 6.45) is 1.71. The van der Waals surface area contributed by atoms with E-state index in [0.29, 0.717) is 13.1 Å². The lowest BCUT2D eigenvalue weighted by Gasteiger charge is -2.32. The van der Waals surface area contributed by atoms with E-state index < -0.39 is 0 Å². The van der Waals surface area contributed by atoms with Gasteiger partial charge in [0, 0.05) is 31.2 Å². The molecule has 24 heavy (non-hydrogen) atoms. The van der Waals surface area contributed by atoms with Gasteiger partial charge in [-0.3, -0.25) is 9.59 Å². The molecule has 1 fully saturated rings. The molecule has 0 bridgehead atoms. The topological polar surface area (TPSA) is 61.4 Å². The number of likely N-dealkylation sites (N-methyl/N-ethyl adjacent to an activating group) is 1. The molecule has 0 aromatic heterocycles. The van der Waals surface area contributed by atoms with Gasteiger partial charge in [-0.25, -0.2) is 0 Å². The molecule has 2 unspecified atom stereocenters. The normalized spacial score (nSPS) is 19.0. The Morgan fingerprint density at radius 2 is 1.92 bits per heavy atom. The van der Waals surface area contributed by atoms with Gasteiger partial charge in [0.05, 0.1) is 5.92 Å². The molecule has 0 radical (unpaired) electrons. The van der Waals surface area contributed by atoms with Gasteiger partial charge in [0.1, 0.15) is 0 Å². The van der Waals surface area contributed by atoms with E-state index in [2.05, 4.69) is 16.7 Å². The first-order valence-electron chi connectivity index (χ1n) is 8.73. The van der Waals surface area contributed by atoms with E-state index in [9.17, 15) is 9.59 Å². The summed E-state index contributed by atoms with van der Waals surface area (Å²) in [5, 5.41) is 6.08. The summed E-state index contributed by atoms with van der Waals surface area (Å²) < 4.78 is 0. The van der Waals surface area contributed by atoms with Gasteiger partial charge in [0.25, 0.3) is 5.91 Å². The number of rotatable bonds is 5. The fourth-order valence-corrected chi connectivity index (χ4v) is 3.16. The third kappa shape index (κ3) is 4.81. The summed E-state index contributed by atoms with van der Waals surface area (Å²) in [5.74, 6) is -0.0319. The molecular weight excluding hydrogens is 302 g/mol. The lowest BCUT2D eigenvalue weighted by molar-refractivity contribution is -0.126. The molecular formula is C19H29N3O2. The van der Waals surface area contributed by atoms with Gasteiger partial charge in [0.15, 0.2) is 0 Å². The van der Waals surface area contributed by atoms with Gasteiger partial charge in [0.2, 0.25) is 5.91 Å². The van der Waals surface area contributed by atoms with Gasteiger partial charge in [-0.2, -0.15) is 0 Å². The van der Waals surface area contributed by atoms with E-state index in [4.69, 9.17) is 0 Å². The van der Waals surface area contributed by atoms with Crippen molar-refractivity contribution in [2.45, 2.75) is 39.7 Å². The number of likely N-dealkylation sites (tertiary alicyclic amines) is 1. The van der Waals surface area contributed by atoms with E-state index in [1.54, 1.807) is 0 Å². The molecule has 1 aromatic carbocycles. The van der Waals surface area contributed by atoms with Crippen LogP contribution in [0.1, 0.15) is 41.3 Å². The zero-order valence-electron chi connectivity index (χ0n) is 15.2. The minimum Gasteiger partial charge on any atom is -0.354 e. The molecule has 1 aliphatic heterocycles. The lowest BCUT2D eigenvalue weighted by atomic mass is 9.96. The largest absolute Gasteiger partial charge is 0.354 e. The maximum atomic E-state index is 12.8. The average Bonchev–Trinajstić information content (AvgIpc) is 2.57. The molecule has 0 aliphatic carbocycles. The Bertz CT molecular complexity index is 580. The van der Waals surface area contributed by atoms with Gasteiger partial charge in [-0.15, -0.1) is 0 Å². The monoisotopic (exact) mass is 331 g/mol. The molecule has 5 nitrogen and oxygen atoms in total. The molecule has 0 saturated carbocycles. The predicted molar refractivity (Wildman–Crippen MR) is 96.1 cm³/mol. The van der Waals surface area contributed by atoms with Crippen molar-refractivity contribution in [2.24, 2.45) is 5.92 Å². The molecule has 1 heterocycles. The second-order valence-corrected chi connectivity index (χ2v) is 6.90. The van der Waals surface area contributed by atoms with Crippen LogP contribution in [0.5, 0.6) is 0 Å². The first-order chi connectivity index (χ1) is 11.4. The summed E-state index contributed by atoms with van der Waals surface area (Å²) in [6, 6.07) is 6.15. The number of amides is 2. The second-order valence-electron chi connectivity index (χ2n) is 6.90. The Morgan fingerprint density at radius 3 is 2.54 bits per heavy atom. The third-order valence-corrected chi connectivity index (χ3v) is 4.62. The third-order valence-electron chi connectivity index (χ3n) is 4.62. The van der Waals surface area contributed by atoms with Crippen LogP contribution in [0.3, 0.4) is 0 Å². The summed E-state index contributed by atoms with van der Waals surface area (Å²) >= 11 is 0. The fourth-order valence-electron chi connectivity index (χ4n) is 3.16. The number of carbonyl (C=O) groups excluding carboxylic acids is 2. The number of nitrogens with zero attached hydrogens (tertiary/aromatic N) is 1. The highest BCUT2D eigenvalue weighted by atomic mass is 16.2. The van der Waals surface area contributed by atoms with Crippen molar-refractivity contribution in [1.29, 1.82) is 0 Å². The van der Waals surface area contributed by atoms with Crippen LogP contribution in [0.25, 0.3) is 0 Å². The highest BCUT2D eigenvalue weighted by Crippen LogP contribution is 2.20. The Hall–Kier alpha value is -1.88. The van der Waals surface area contributed by atoms with Crippen LogP contribution in [-0.2, 0) is 4.79 Å². The van der Waals surface area contributed by atoms with E-state index >= 15 is 0 Å². The number of carbonyl (C=O) groups is 2. The molecule has 2 N–H and O–H groups in total. The minimum absolute atomic E-state index is 0.0305. The molecule has 1 aliphatic rings. The summed E-state index contributed by atoms with van der Waals surface area (Å²) in [6.45, 7) is 7.86. The Balaban J connectivity index is 1.99. The van der Waals surface area contributed by atoms with Crippen molar-refractivity contribution in [1.82, 2.24) is 15.5 Å². The Kier molecular flexibility index (Phi) is 6.37. The number of hydrogen-bond donors (Lipinski definition) is 2. The zero-order valence-corrected chi connectivity index (χ0v) is 15.2. The van der Waals surface area contributed by atoms with E-state index in [0.717, 1.165) is 36.1 Å². The molecule has 1 saturated heterocycles. The van der Waals surface area contributed by atoms with Crippen molar-refractivity contribution in [3.63, 3.8) is 0 Å². The lowest BCUT2D eigenvalue weighted by Crippen LogP contribution is -2.47. The van der Waals surface area contributed by atoms with Crippen LogP contribution >= 0.6 is 0 Å². The molecule has 2 atom stereocenters. The van der Waals surface area contributed by atoms with Gasteiger partial charge in [-0.05, 0) is 52.8 Å². The van der Waals surface area contributed by atoms with Crippen molar-refractivity contribution in [2.75, 3.05) is 26.7 Å². The number of piperidine rings is 1. The molecule has 5 heteroatoms. The van der Waals surface area contributed by atoms with Gasteiger partial charge in [-0.1, -0.05) is 17.2 Å². The van der Waals surface area contributed by atoms with Gasteiger partial charge >= 0.3 is 0 Å². The van der Waals surface area contributed by atoms with Crippen molar-refractivity contribution in [3.8, 4) is 0 Å². The summed E-state index contributed by atoms with van der Waals surface area (Å²) in [4.78, 5) is 26.9. The number of aryl methyl sites for hydroxylation is 2. The minimum atomic E-state index is -0.113. The van der Waals surface area contributed by atoms with Gasteiger partial charge < -0.3 is 15.5 Å². The molecule has 1 aromatic rings. The average molecular weight is 331 g/mol. The predicted octanol–water partition coefficient (Wildman–Crippen LogP) is 1.88. The maximum Gasteiger partial charge on any atom is 0.253 e. The van der Waals surface area contributed by atoms with Crippen LogP contribution < -0.4 is 10.6 Å². The smallest absolute Gasteiger partial charge is 0.253 e. The van der Waals surface area contributed by atoms with Crippen molar-refractivity contribution < 1.29 is 9.59 Å². The van der Waals surface area contributed by atoms with Crippen molar-refractivity contribution in [3.05, 3.63) is 34.9 Å². The first-order valence-corrected chi connectivity index (χ1v) is 8.73. The molecule has 0 spiro atoms. The number of benzene rings is 1. The highest BCUT2D eigenvalue weighted by Gasteiger charge is 2.29. The number of hydrogen-bond acceptors (Lipinski definition) is 3. The van der Waals surface area contributed by atoms with Crippen LogP contribution in [-0.4, -0.2) is 49.4 Å². The molecule has 132 valence electrons. The first kappa shape index (κ1) is 18.5. The summed E-state index contributed by atoms with van der Waals surface area (Å²) in [5.41, 5.74) is 2.90. The highest BCUT2D eigenvalue weighted by molar-refractivity contribution is 5.95. The quantitative estimate of drug-likeness (QED) is 0.866.